The zero-order chi connectivity index (χ0) is 11.8. The Balaban J connectivity index is 2.24. The zero-order valence-electron chi connectivity index (χ0n) is 8.82. The lowest BCUT2D eigenvalue weighted by Crippen LogP contribution is -2.09. The van der Waals surface area contributed by atoms with Crippen molar-refractivity contribution >= 4 is 27.6 Å². The molecule has 0 aromatic carbocycles. The summed E-state index contributed by atoms with van der Waals surface area (Å²) < 4.78 is 5.79. The maximum absolute atomic E-state index is 8.49. The van der Waals surface area contributed by atoms with Gasteiger partial charge in [-0.1, -0.05) is 0 Å². The second-order valence-corrected chi connectivity index (χ2v) is 3.83. The summed E-state index contributed by atoms with van der Waals surface area (Å²) in [5.74, 6) is 1.09. The molecule has 4 N–H and O–H groups in total. The first-order valence-electron chi connectivity index (χ1n) is 4.94. The number of aliphatic hydroxyl groups is 1. The fourth-order valence-corrected chi connectivity index (χ4v) is 1.40. The van der Waals surface area contributed by atoms with Crippen LogP contribution in [0.5, 0.6) is 0 Å². The molecule has 0 aliphatic heterocycles. The summed E-state index contributed by atoms with van der Waals surface area (Å²) in [5.41, 5.74) is 5.60. The fourth-order valence-electron chi connectivity index (χ4n) is 1.05. The van der Waals surface area contributed by atoms with Gasteiger partial charge in [0.2, 0.25) is 0 Å². The van der Waals surface area contributed by atoms with Crippen LogP contribution in [0.15, 0.2) is 10.8 Å². The molecule has 0 amide bonds. The van der Waals surface area contributed by atoms with Gasteiger partial charge in [0.15, 0.2) is 0 Å². The molecule has 0 saturated heterocycles. The van der Waals surface area contributed by atoms with E-state index in [-0.39, 0.29) is 6.61 Å². The van der Waals surface area contributed by atoms with Crippen LogP contribution in [0.4, 0.5) is 11.6 Å². The molecule has 90 valence electrons. The predicted octanol–water partition coefficient (Wildman–Crippen LogP) is 0.632. The number of ether oxygens (including phenoxy) is 1. The molecule has 0 fully saturated rings. The number of anilines is 2. The smallest absolute Gasteiger partial charge is 0.145 e. The van der Waals surface area contributed by atoms with Crippen LogP contribution in [0.3, 0.4) is 0 Å². The minimum atomic E-state index is 0.0570. The molecule has 1 aromatic heterocycles. The monoisotopic (exact) mass is 290 g/mol. The van der Waals surface area contributed by atoms with E-state index in [0.29, 0.717) is 29.3 Å². The maximum Gasteiger partial charge on any atom is 0.145 e. The minimum Gasteiger partial charge on any atom is -0.394 e. The molecule has 0 spiro atoms. The van der Waals surface area contributed by atoms with Crippen molar-refractivity contribution in [2.75, 3.05) is 37.4 Å². The number of halogens is 1. The molecule has 1 aromatic rings. The Morgan fingerprint density at radius 3 is 3.00 bits per heavy atom. The first kappa shape index (κ1) is 13.1. The van der Waals surface area contributed by atoms with Crippen molar-refractivity contribution in [3.05, 3.63) is 10.8 Å². The van der Waals surface area contributed by atoms with Gasteiger partial charge >= 0.3 is 0 Å². The van der Waals surface area contributed by atoms with Crippen molar-refractivity contribution in [1.29, 1.82) is 0 Å². The SMILES string of the molecule is Nc1ncnc(NCCCOCCO)c1Br. The maximum atomic E-state index is 8.49. The van der Waals surface area contributed by atoms with Crippen LogP contribution in [0.25, 0.3) is 0 Å². The van der Waals surface area contributed by atoms with E-state index in [1.807, 2.05) is 0 Å². The van der Waals surface area contributed by atoms with Crippen LogP contribution in [-0.2, 0) is 4.74 Å². The lowest BCUT2D eigenvalue weighted by atomic mass is 10.4. The van der Waals surface area contributed by atoms with Crippen LogP contribution in [0.2, 0.25) is 0 Å². The van der Waals surface area contributed by atoms with Crippen molar-refractivity contribution in [2.24, 2.45) is 0 Å². The molecule has 0 bridgehead atoms. The molecule has 0 radical (unpaired) electrons. The van der Waals surface area contributed by atoms with Crippen LogP contribution in [0.1, 0.15) is 6.42 Å². The van der Waals surface area contributed by atoms with Crippen LogP contribution in [-0.4, -0.2) is 41.4 Å². The summed E-state index contributed by atoms with van der Waals surface area (Å²) in [5, 5.41) is 11.6. The second kappa shape index (κ2) is 7.37. The standard InChI is InChI=1S/C9H15BrN4O2/c10-7-8(11)13-6-14-9(7)12-2-1-4-16-5-3-15/h6,15H,1-5H2,(H3,11,12,13,14). The molecular weight excluding hydrogens is 276 g/mol. The Morgan fingerprint density at radius 1 is 1.44 bits per heavy atom. The first-order chi connectivity index (χ1) is 7.75. The number of hydrogen-bond acceptors (Lipinski definition) is 6. The number of aliphatic hydroxyl groups excluding tert-OH is 1. The third-order valence-corrected chi connectivity index (χ3v) is 2.59. The van der Waals surface area contributed by atoms with Gasteiger partial charge in [-0.2, -0.15) is 0 Å². The topological polar surface area (TPSA) is 93.3 Å². The average molecular weight is 291 g/mol. The van der Waals surface area contributed by atoms with Crippen molar-refractivity contribution in [3.63, 3.8) is 0 Å². The summed E-state index contributed by atoms with van der Waals surface area (Å²) in [4.78, 5) is 7.88. The highest BCUT2D eigenvalue weighted by Crippen LogP contribution is 2.23. The predicted molar refractivity (Wildman–Crippen MR) is 65.2 cm³/mol. The van der Waals surface area contributed by atoms with Crippen LogP contribution in [0, 0.1) is 0 Å². The van der Waals surface area contributed by atoms with Gasteiger partial charge in [0.1, 0.15) is 22.4 Å². The van der Waals surface area contributed by atoms with Crippen LogP contribution < -0.4 is 11.1 Å². The minimum absolute atomic E-state index is 0.0570. The van der Waals surface area contributed by atoms with Gasteiger partial charge in [-0.05, 0) is 22.4 Å². The highest BCUT2D eigenvalue weighted by atomic mass is 79.9. The van der Waals surface area contributed by atoms with Crippen molar-refractivity contribution in [1.82, 2.24) is 9.97 Å². The molecule has 0 aliphatic carbocycles. The number of nitrogens with two attached hydrogens (primary N) is 1. The van der Waals surface area contributed by atoms with Crippen molar-refractivity contribution in [3.8, 4) is 0 Å². The summed E-state index contributed by atoms with van der Waals surface area (Å²) >= 11 is 3.30. The normalized spacial score (nSPS) is 10.4. The molecule has 0 unspecified atom stereocenters. The number of aromatic nitrogens is 2. The summed E-state index contributed by atoms with van der Waals surface area (Å²) in [6.07, 6.45) is 2.24. The molecule has 1 heterocycles. The van der Waals surface area contributed by atoms with Crippen molar-refractivity contribution < 1.29 is 9.84 Å². The zero-order valence-corrected chi connectivity index (χ0v) is 10.4. The molecule has 0 atom stereocenters. The molecule has 16 heavy (non-hydrogen) atoms. The number of nitrogens with one attached hydrogen (secondary N) is 1. The van der Waals surface area contributed by atoms with Gasteiger partial charge in [0, 0.05) is 13.2 Å². The largest absolute Gasteiger partial charge is 0.394 e. The molecule has 1 rings (SSSR count). The molecule has 6 nitrogen and oxygen atoms in total. The number of rotatable bonds is 7. The van der Waals surface area contributed by atoms with Gasteiger partial charge in [0.25, 0.3) is 0 Å². The van der Waals surface area contributed by atoms with E-state index in [1.165, 1.54) is 6.33 Å². The fraction of sp³-hybridized carbons (Fsp3) is 0.556. The third-order valence-electron chi connectivity index (χ3n) is 1.81. The Kier molecular flexibility index (Phi) is 6.05. The molecule has 7 heteroatoms. The van der Waals surface area contributed by atoms with Gasteiger partial charge in [-0.3, -0.25) is 0 Å². The second-order valence-electron chi connectivity index (χ2n) is 3.04. The van der Waals surface area contributed by atoms with Crippen LogP contribution >= 0.6 is 15.9 Å². The van der Waals surface area contributed by atoms with E-state index >= 15 is 0 Å². The summed E-state index contributed by atoms with van der Waals surface area (Å²) in [7, 11) is 0. The van der Waals surface area contributed by atoms with Gasteiger partial charge in [0.05, 0.1) is 13.2 Å². The highest BCUT2D eigenvalue weighted by molar-refractivity contribution is 9.10. The number of nitrogen functional groups attached to an aromatic ring is 1. The van der Waals surface area contributed by atoms with Crippen molar-refractivity contribution in [2.45, 2.75) is 6.42 Å². The lowest BCUT2D eigenvalue weighted by molar-refractivity contribution is 0.0922. The first-order valence-corrected chi connectivity index (χ1v) is 5.73. The van der Waals surface area contributed by atoms with E-state index in [0.717, 1.165) is 13.0 Å². The Labute approximate surface area is 102 Å². The Bertz CT molecular complexity index is 324. The van der Waals surface area contributed by atoms with E-state index in [2.05, 4.69) is 31.2 Å². The Hall–Kier alpha value is -0.920. The van der Waals surface area contributed by atoms with Gasteiger partial charge < -0.3 is 20.9 Å². The average Bonchev–Trinajstić information content (AvgIpc) is 2.29. The third kappa shape index (κ3) is 4.30. The number of nitrogens with zero attached hydrogens (tertiary/aromatic N) is 2. The summed E-state index contributed by atoms with van der Waals surface area (Å²) in [6, 6.07) is 0. The van der Waals surface area contributed by atoms with E-state index in [4.69, 9.17) is 15.6 Å². The summed E-state index contributed by atoms with van der Waals surface area (Å²) in [6.45, 7) is 1.76. The molecule has 0 saturated carbocycles. The van der Waals surface area contributed by atoms with Gasteiger partial charge in [-0.25, -0.2) is 9.97 Å². The Morgan fingerprint density at radius 2 is 2.25 bits per heavy atom. The van der Waals surface area contributed by atoms with Gasteiger partial charge in [-0.15, -0.1) is 0 Å². The highest BCUT2D eigenvalue weighted by Gasteiger charge is 2.04. The van der Waals surface area contributed by atoms with E-state index in [1.54, 1.807) is 0 Å². The number of hydrogen-bond donors (Lipinski definition) is 3. The molecule has 0 aliphatic rings. The quantitative estimate of drug-likeness (QED) is 0.638. The van der Waals surface area contributed by atoms with E-state index in [9.17, 15) is 0 Å². The lowest BCUT2D eigenvalue weighted by Gasteiger charge is -2.08. The van der Waals surface area contributed by atoms with E-state index < -0.39 is 0 Å². The molecular formula is C9H15BrN4O2.